The van der Waals surface area contributed by atoms with Crippen LogP contribution in [0.15, 0.2) is 24.3 Å². The van der Waals surface area contributed by atoms with Gasteiger partial charge in [-0.2, -0.15) is 0 Å². The number of hydrogen-bond acceptors (Lipinski definition) is 4. The van der Waals surface area contributed by atoms with E-state index in [-0.39, 0.29) is 6.10 Å². The van der Waals surface area contributed by atoms with Crippen LogP contribution in [0, 0.1) is 0 Å². The van der Waals surface area contributed by atoms with Gasteiger partial charge in [0.15, 0.2) is 0 Å². The van der Waals surface area contributed by atoms with Gasteiger partial charge in [0.2, 0.25) is 0 Å². The van der Waals surface area contributed by atoms with Crippen molar-refractivity contribution in [3.8, 4) is 5.75 Å². The quantitative estimate of drug-likeness (QED) is 0.783. The number of rotatable bonds is 7. The molecule has 0 amide bonds. The van der Waals surface area contributed by atoms with E-state index in [1.807, 2.05) is 19.1 Å². The Balaban J connectivity index is 1.75. The average molecular weight is 292 g/mol. The fourth-order valence-corrected chi connectivity index (χ4v) is 2.88. The highest BCUT2D eigenvalue weighted by molar-refractivity contribution is 5.58. The van der Waals surface area contributed by atoms with Crippen molar-refractivity contribution < 1.29 is 9.84 Å². The first-order chi connectivity index (χ1) is 10.2. The van der Waals surface area contributed by atoms with Crippen molar-refractivity contribution in [2.45, 2.75) is 32.3 Å². The van der Waals surface area contributed by atoms with Gasteiger partial charge in [-0.15, -0.1) is 0 Å². The number of para-hydroxylation sites is 2. The van der Waals surface area contributed by atoms with Crippen molar-refractivity contribution in [2.75, 3.05) is 44.7 Å². The van der Waals surface area contributed by atoms with Crippen LogP contribution in [0.25, 0.3) is 0 Å². The molecule has 4 heteroatoms. The number of hydrogen-bond donors (Lipinski definition) is 1. The van der Waals surface area contributed by atoms with E-state index < -0.39 is 0 Å². The van der Waals surface area contributed by atoms with E-state index in [0.717, 1.165) is 51.3 Å². The number of aliphatic hydroxyl groups is 1. The van der Waals surface area contributed by atoms with E-state index in [2.05, 4.69) is 21.9 Å². The maximum atomic E-state index is 9.27. The molecule has 1 aromatic rings. The van der Waals surface area contributed by atoms with Gasteiger partial charge in [0.05, 0.1) is 18.9 Å². The van der Waals surface area contributed by atoms with E-state index in [0.29, 0.717) is 0 Å². The van der Waals surface area contributed by atoms with E-state index in [1.165, 1.54) is 12.1 Å². The van der Waals surface area contributed by atoms with Crippen LogP contribution in [0.2, 0.25) is 0 Å². The van der Waals surface area contributed by atoms with Crippen LogP contribution < -0.4 is 9.64 Å². The van der Waals surface area contributed by atoms with Crippen molar-refractivity contribution in [2.24, 2.45) is 0 Å². The van der Waals surface area contributed by atoms with Gasteiger partial charge < -0.3 is 14.7 Å². The number of ether oxygens (including phenoxy) is 1. The maximum Gasteiger partial charge on any atom is 0.142 e. The molecular formula is C17H28N2O2. The van der Waals surface area contributed by atoms with Gasteiger partial charge in [-0.1, -0.05) is 12.1 Å². The van der Waals surface area contributed by atoms with Gasteiger partial charge >= 0.3 is 0 Å². The molecule has 0 spiro atoms. The zero-order valence-electron chi connectivity index (χ0n) is 13.3. The smallest absolute Gasteiger partial charge is 0.142 e. The van der Waals surface area contributed by atoms with E-state index in [9.17, 15) is 5.11 Å². The average Bonchev–Trinajstić information content (AvgIpc) is 2.52. The van der Waals surface area contributed by atoms with Crippen LogP contribution in [-0.2, 0) is 0 Å². The molecule has 2 rings (SSSR count). The number of unbranched alkanes of at least 4 members (excludes halogenated alkanes) is 1. The minimum absolute atomic E-state index is 0.160. The van der Waals surface area contributed by atoms with Crippen LogP contribution in [0.3, 0.4) is 0 Å². The zero-order valence-corrected chi connectivity index (χ0v) is 13.3. The van der Waals surface area contributed by atoms with Gasteiger partial charge in [-0.25, -0.2) is 0 Å². The predicted octanol–water partition coefficient (Wildman–Crippen LogP) is 2.37. The summed E-state index contributed by atoms with van der Waals surface area (Å²) in [6.45, 7) is 7.32. The zero-order chi connectivity index (χ0) is 15.1. The van der Waals surface area contributed by atoms with E-state index >= 15 is 0 Å². The summed E-state index contributed by atoms with van der Waals surface area (Å²) in [5, 5.41) is 9.27. The molecule has 1 N–H and O–H groups in total. The van der Waals surface area contributed by atoms with Gasteiger partial charge in [-0.3, -0.25) is 4.90 Å². The first-order valence-electron chi connectivity index (χ1n) is 7.99. The van der Waals surface area contributed by atoms with Gasteiger partial charge in [0, 0.05) is 26.2 Å². The molecule has 0 radical (unpaired) electrons. The Bertz CT molecular complexity index is 415. The topological polar surface area (TPSA) is 35.9 Å². The maximum absolute atomic E-state index is 9.27. The summed E-state index contributed by atoms with van der Waals surface area (Å²) in [5.74, 6) is 0.961. The molecule has 1 heterocycles. The second-order valence-corrected chi connectivity index (χ2v) is 5.85. The van der Waals surface area contributed by atoms with Crippen molar-refractivity contribution in [3.05, 3.63) is 24.3 Å². The van der Waals surface area contributed by atoms with Crippen LogP contribution >= 0.6 is 0 Å². The third-order valence-electron chi connectivity index (χ3n) is 4.14. The van der Waals surface area contributed by atoms with Gasteiger partial charge in [-0.05, 0) is 44.9 Å². The Kier molecular flexibility index (Phi) is 6.33. The SMILES string of the molecule is COc1ccccc1N1CCN(CCCCC(C)O)CC1. The number of methoxy groups -OCH3 is 1. The fraction of sp³-hybridized carbons (Fsp3) is 0.647. The highest BCUT2D eigenvalue weighted by Gasteiger charge is 2.18. The van der Waals surface area contributed by atoms with E-state index in [4.69, 9.17) is 4.74 Å². The van der Waals surface area contributed by atoms with Crippen LogP contribution in [0.1, 0.15) is 26.2 Å². The fourth-order valence-electron chi connectivity index (χ4n) is 2.88. The molecule has 118 valence electrons. The van der Waals surface area contributed by atoms with Crippen LogP contribution in [-0.4, -0.2) is 55.9 Å². The second kappa shape index (κ2) is 8.25. The Morgan fingerprint density at radius 1 is 1.14 bits per heavy atom. The van der Waals surface area contributed by atoms with Gasteiger partial charge in [0.25, 0.3) is 0 Å². The summed E-state index contributed by atoms with van der Waals surface area (Å²) in [6.07, 6.45) is 3.05. The third-order valence-corrected chi connectivity index (χ3v) is 4.14. The van der Waals surface area contributed by atoms with Crippen molar-refractivity contribution in [1.82, 2.24) is 4.90 Å². The van der Waals surface area contributed by atoms with Crippen LogP contribution in [0.5, 0.6) is 5.75 Å². The molecule has 0 aliphatic carbocycles. The monoisotopic (exact) mass is 292 g/mol. The number of anilines is 1. The molecule has 1 aliphatic rings. The van der Waals surface area contributed by atoms with Crippen molar-refractivity contribution >= 4 is 5.69 Å². The minimum Gasteiger partial charge on any atom is -0.495 e. The van der Waals surface area contributed by atoms with Crippen molar-refractivity contribution in [3.63, 3.8) is 0 Å². The standard InChI is InChI=1S/C17H28N2O2/c1-15(20)7-5-6-10-18-11-13-19(14-12-18)16-8-3-4-9-17(16)21-2/h3-4,8-9,15,20H,5-7,10-14H2,1-2H3. The molecule has 1 atom stereocenters. The minimum atomic E-state index is -0.160. The summed E-state index contributed by atoms with van der Waals surface area (Å²) >= 11 is 0. The lowest BCUT2D eigenvalue weighted by Crippen LogP contribution is -2.46. The lowest BCUT2D eigenvalue weighted by atomic mass is 10.1. The third kappa shape index (κ3) is 4.90. The summed E-state index contributed by atoms with van der Waals surface area (Å²) in [4.78, 5) is 4.93. The predicted molar refractivity (Wildman–Crippen MR) is 87.2 cm³/mol. The number of aliphatic hydroxyl groups excluding tert-OH is 1. The Labute approximate surface area is 128 Å². The normalized spacial score (nSPS) is 17.8. The molecule has 1 unspecified atom stereocenters. The molecule has 21 heavy (non-hydrogen) atoms. The first-order valence-corrected chi connectivity index (χ1v) is 7.99. The molecule has 0 bridgehead atoms. The molecule has 1 aliphatic heterocycles. The largest absolute Gasteiger partial charge is 0.495 e. The molecule has 4 nitrogen and oxygen atoms in total. The summed E-state index contributed by atoms with van der Waals surface area (Å²) in [6, 6.07) is 8.25. The molecular weight excluding hydrogens is 264 g/mol. The van der Waals surface area contributed by atoms with Crippen LogP contribution in [0.4, 0.5) is 5.69 Å². The molecule has 0 saturated carbocycles. The molecule has 1 aromatic carbocycles. The molecule has 1 fully saturated rings. The number of piperazine rings is 1. The Morgan fingerprint density at radius 2 is 1.86 bits per heavy atom. The molecule has 1 saturated heterocycles. The van der Waals surface area contributed by atoms with E-state index in [1.54, 1.807) is 7.11 Å². The molecule has 0 aromatic heterocycles. The summed E-state index contributed by atoms with van der Waals surface area (Å²) in [7, 11) is 1.73. The number of nitrogens with zero attached hydrogens (tertiary/aromatic N) is 2. The Morgan fingerprint density at radius 3 is 2.52 bits per heavy atom. The summed E-state index contributed by atoms with van der Waals surface area (Å²) in [5.41, 5.74) is 1.20. The van der Waals surface area contributed by atoms with Gasteiger partial charge in [0.1, 0.15) is 5.75 Å². The lowest BCUT2D eigenvalue weighted by molar-refractivity contribution is 0.176. The number of benzene rings is 1. The first kappa shape index (κ1) is 16.1. The highest BCUT2D eigenvalue weighted by Crippen LogP contribution is 2.28. The Hall–Kier alpha value is -1.26. The lowest BCUT2D eigenvalue weighted by Gasteiger charge is -2.36. The second-order valence-electron chi connectivity index (χ2n) is 5.85. The van der Waals surface area contributed by atoms with Crippen molar-refractivity contribution in [1.29, 1.82) is 0 Å². The summed E-state index contributed by atoms with van der Waals surface area (Å²) < 4.78 is 5.45. The highest BCUT2D eigenvalue weighted by atomic mass is 16.5.